The molecule has 35 heavy (non-hydrogen) atoms. The number of aromatic nitrogens is 3. The summed E-state index contributed by atoms with van der Waals surface area (Å²) in [6.07, 6.45) is 6.81. The summed E-state index contributed by atoms with van der Waals surface area (Å²) in [5.74, 6) is 0.868. The van der Waals surface area contributed by atoms with Gasteiger partial charge in [0.2, 0.25) is 5.91 Å². The lowest BCUT2D eigenvalue weighted by Crippen LogP contribution is -2.48. The van der Waals surface area contributed by atoms with Gasteiger partial charge in [0, 0.05) is 13.1 Å². The zero-order valence-electron chi connectivity index (χ0n) is 19.0. The SMILES string of the molecule is C=CC(=O)N1C[C@@H]2C[C@H]1CN2c1ccc2ncnc(Nc3ccc(OC4CCC4)c(Cl)c3F)c2n1. The van der Waals surface area contributed by atoms with Gasteiger partial charge in [-0.15, -0.1) is 0 Å². The molecule has 10 heteroatoms. The van der Waals surface area contributed by atoms with Gasteiger partial charge in [-0.2, -0.15) is 0 Å². The van der Waals surface area contributed by atoms with Crippen LogP contribution in [0, 0.1) is 5.82 Å². The van der Waals surface area contributed by atoms with E-state index >= 15 is 4.39 Å². The molecule has 3 fully saturated rings. The molecule has 0 unspecified atom stereocenters. The highest BCUT2D eigenvalue weighted by molar-refractivity contribution is 6.32. The molecule has 2 bridgehead atoms. The van der Waals surface area contributed by atoms with Gasteiger partial charge in [0.1, 0.15) is 28.4 Å². The molecule has 1 aromatic carbocycles. The minimum atomic E-state index is -0.602. The van der Waals surface area contributed by atoms with E-state index in [1.807, 2.05) is 17.0 Å². The van der Waals surface area contributed by atoms with E-state index in [-0.39, 0.29) is 34.8 Å². The molecule has 6 rings (SSSR count). The average molecular weight is 495 g/mol. The number of likely N-dealkylation sites (tertiary alicyclic amines) is 1. The van der Waals surface area contributed by atoms with Gasteiger partial charge in [0.15, 0.2) is 11.6 Å². The van der Waals surface area contributed by atoms with E-state index in [2.05, 4.69) is 26.8 Å². The Kier molecular flexibility index (Phi) is 5.44. The topological polar surface area (TPSA) is 83.5 Å². The molecule has 2 atom stereocenters. The number of amides is 1. The maximum atomic E-state index is 15.1. The number of nitrogens with zero attached hydrogens (tertiary/aromatic N) is 5. The van der Waals surface area contributed by atoms with Crippen LogP contribution in [0.4, 0.5) is 21.7 Å². The number of hydrogen-bond donors (Lipinski definition) is 1. The number of rotatable bonds is 6. The zero-order valence-corrected chi connectivity index (χ0v) is 19.7. The van der Waals surface area contributed by atoms with Crippen LogP contribution in [0.5, 0.6) is 5.75 Å². The highest BCUT2D eigenvalue weighted by Crippen LogP contribution is 2.38. The van der Waals surface area contributed by atoms with Crippen LogP contribution >= 0.6 is 11.6 Å². The fourth-order valence-electron chi connectivity index (χ4n) is 5.03. The predicted molar refractivity (Wildman–Crippen MR) is 132 cm³/mol. The van der Waals surface area contributed by atoms with Crippen molar-refractivity contribution in [3.63, 3.8) is 0 Å². The minimum Gasteiger partial charge on any atom is -0.489 e. The summed E-state index contributed by atoms with van der Waals surface area (Å²) in [4.78, 5) is 29.6. The Morgan fingerprint density at radius 2 is 2.06 bits per heavy atom. The van der Waals surface area contributed by atoms with Crippen molar-refractivity contribution in [1.29, 1.82) is 0 Å². The van der Waals surface area contributed by atoms with Crippen molar-refractivity contribution in [3.8, 4) is 5.75 Å². The van der Waals surface area contributed by atoms with Crippen molar-refractivity contribution in [2.45, 2.75) is 43.9 Å². The first-order valence-electron chi connectivity index (χ1n) is 11.7. The lowest BCUT2D eigenvalue weighted by molar-refractivity contribution is -0.127. The summed E-state index contributed by atoms with van der Waals surface area (Å²) in [7, 11) is 0. The molecule has 3 aliphatic rings. The standard InChI is InChI=1S/C25H24ClFN6O2/c1-2-21(34)33-12-14-10-15(33)11-32(14)20-9-7-18-24(31-20)25(29-13-28-18)30-17-6-8-19(22(26)23(17)27)35-16-4-3-5-16/h2,6-9,13-16H,1,3-5,10-12H2,(H,28,29,30)/t14-,15-/m0/s1. The van der Waals surface area contributed by atoms with Crippen molar-refractivity contribution in [3.05, 3.63) is 54.1 Å². The van der Waals surface area contributed by atoms with E-state index in [1.54, 1.807) is 12.1 Å². The van der Waals surface area contributed by atoms with E-state index < -0.39 is 5.82 Å². The van der Waals surface area contributed by atoms with Crippen LogP contribution in [-0.2, 0) is 4.79 Å². The number of hydrogen-bond acceptors (Lipinski definition) is 7. The molecule has 2 aromatic heterocycles. The molecular weight excluding hydrogens is 471 g/mol. The Labute approximate surface area is 206 Å². The third-order valence-electron chi connectivity index (χ3n) is 7.11. The van der Waals surface area contributed by atoms with Crippen molar-refractivity contribution in [2.24, 2.45) is 0 Å². The van der Waals surface area contributed by atoms with E-state index in [9.17, 15) is 4.79 Å². The second-order valence-electron chi connectivity index (χ2n) is 9.18. The third kappa shape index (κ3) is 3.83. The van der Waals surface area contributed by atoms with Gasteiger partial charge in [-0.1, -0.05) is 18.2 Å². The molecule has 2 aliphatic heterocycles. The number of carbonyl (C=O) groups is 1. The Bertz CT molecular complexity index is 1330. The number of carbonyl (C=O) groups excluding carboxylic acids is 1. The number of nitrogens with one attached hydrogen (secondary N) is 1. The lowest BCUT2D eigenvalue weighted by atomic mass is 9.96. The summed E-state index contributed by atoms with van der Waals surface area (Å²) in [5.41, 5.74) is 1.34. The van der Waals surface area contributed by atoms with Crippen LogP contribution in [-0.4, -0.2) is 57.0 Å². The Balaban J connectivity index is 1.27. The third-order valence-corrected chi connectivity index (χ3v) is 7.46. The van der Waals surface area contributed by atoms with Crippen LogP contribution in [0.25, 0.3) is 11.0 Å². The van der Waals surface area contributed by atoms with Crippen molar-refractivity contribution < 1.29 is 13.9 Å². The van der Waals surface area contributed by atoms with E-state index in [1.165, 1.54) is 12.4 Å². The van der Waals surface area contributed by atoms with Crippen LogP contribution in [0.15, 0.2) is 43.2 Å². The molecule has 2 saturated heterocycles. The van der Waals surface area contributed by atoms with Gasteiger partial charge in [0.05, 0.1) is 29.4 Å². The molecule has 0 spiro atoms. The summed E-state index contributed by atoms with van der Waals surface area (Å²) in [6, 6.07) is 7.40. The normalized spacial score (nSPS) is 21.3. The maximum Gasteiger partial charge on any atom is 0.246 e. The second kappa shape index (κ2) is 8.64. The molecular formula is C25H24ClFN6O2. The molecule has 1 amide bonds. The fourth-order valence-corrected chi connectivity index (χ4v) is 5.24. The number of piperazine rings is 1. The highest BCUT2D eigenvalue weighted by Gasteiger charge is 2.45. The molecule has 4 heterocycles. The Morgan fingerprint density at radius 1 is 1.20 bits per heavy atom. The van der Waals surface area contributed by atoms with Gasteiger partial charge in [-0.3, -0.25) is 4.79 Å². The van der Waals surface area contributed by atoms with E-state index in [0.717, 1.165) is 31.5 Å². The second-order valence-corrected chi connectivity index (χ2v) is 9.56. The lowest BCUT2D eigenvalue weighted by Gasteiger charge is -2.34. The van der Waals surface area contributed by atoms with E-state index in [0.29, 0.717) is 35.7 Å². The quantitative estimate of drug-likeness (QED) is 0.506. The molecule has 180 valence electrons. The zero-order chi connectivity index (χ0) is 24.1. The van der Waals surface area contributed by atoms with Gasteiger partial charge < -0.3 is 19.9 Å². The molecule has 8 nitrogen and oxygen atoms in total. The first kappa shape index (κ1) is 22.0. The van der Waals surface area contributed by atoms with Gasteiger partial charge in [0.25, 0.3) is 0 Å². The largest absolute Gasteiger partial charge is 0.489 e. The van der Waals surface area contributed by atoms with Gasteiger partial charge in [-0.05, 0) is 56.0 Å². The number of pyridine rings is 1. The monoisotopic (exact) mass is 494 g/mol. The number of anilines is 3. The average Bonchev–Trinajstić information content (AvgIpc) is 3.46. The van der Waals surface area contributed by atoms with Crippen LogP contribution in [0.2, 0.25) is 5.02 Å². The highest BCUT2D eigenvalue weighted by atomic mass is 35.5. The Morgan fingerprint density at radius 3 is 2.77 bits per heavy atom. The smallest absolute Gasteiger partial charge is 0.246 e. The molecule has 1 saturated carbocycles. The molecule has 0 radical (unpaired) electrons. The fraction of sp³-hybridized carbons (Fsp3) is 0.360. The summed E-state index contributed by atoms with van der Waals surface area (Å²) in [5, 5.41) is 2.98. The van der Waals surface area contributed by atoms with E-state index in [4.69, 9.17) is 21.3 Å². The molecule has 1 aliphatic carbocycles. The Hall–Kier alpha value is -3.46. The van der Waals surface area contributed by atoms with Crippen LogP contribution < -0.4 is 15.0 Å². The minimum absolute atomic E-state index is 0.0340. The molecule has 1 N–H and O–H groups in total. The number of benzene rings is 1. The maximum absolute atomic E-state index is 15.1. The number of ether oxygens (including phenoxy) is 1. The first-order chi connectivity index (χ1) is 17.0. The number of halogens is 2. The summed E-state index contributed by atoms with van der Waals surface area (Å²) < 4.78 is 20.9. The van der Waals surface area contributed by atoms with Crippen LogP contribution in [0.1, 0.15) is 25.7 Å². The van der Waals surface area contributed by atoms with Crippen molar-refractivity contribution >= 4 is 45.9 Å². The number of fused-ring (bicyclic) bond motifs is 3. The van der Waals surface area contributed by atoms with Gasteiger partial charge in [-0.25, -0.2) is 19.3 Å². The summed E-state index contributed by atoms with van der Waals surface area (Å²) in [6.45, 7) is 4.94. The van der Waals surface area contributed by atoms with Crippen LogP contribution in [0.3, 0.4) is 0 Å². The van der Waals surface area contributed by atoms with Gasteiger partial charge >= 0.3 is 0 Å². The summed E-state index contributed by atoms with van der Waals surface area (Å²) >= 11 is 6.27. The first-order valence-corrected chi connectivity index (χ1v) is 12.1. The van der Waals surface area contributed by atoms with Crippen molar-refractivity contribution in [1.82, 2.24) is 19.9 Å². The molecule has 3 aromatic rings. The van der Waals surface area contributed by atoms with Crippen molar-refractivity contribution in [2.75, 3.05) is 23.3 Å². The predicted octanol–water partition coefficient (Wildman–Crippen LogP) is 4.47.